The summed E-state index contributed by atoms with van der Waals surface area (Å²) in [4.78, 5) is 7.80. The fraction of sp³-hybridized carbons (Fsp3) is 0.632. The van der Waals surface area contributed by atoms with Gasteiger partial charge in [0.25, 0.3) is 0 Å². The Labute approximate surface area is 179 Å². The molecule has 1 aliphatic rings. The van der Waals surface area contributed by atoms with Gasteiger partial charge < -0.3 is 19.7 Å². The van der Waals surface area contributed by atoms with Crippen LogP contribution in [-0.2, 0) is 16.0 Å². The topological polar surface area (TPSA) is 46.1 Å². The van der Waals surface area contributed by atoms with Crippen LogP contribution >= 0.6 is 35.7 Å². The SMILES string of the molecule is CN=C(NCCCOCC1CCOC1)N(C)Cc1ccc(SC)cc1.I. The summed E-state index contributed by atoms with van der Waals surface area (Å²) in [7, 11) is 3.89. The minimum Gasteiger partial charge on any atom is -0.381 e. The summed E-state index contributed by atoms with van der Waals surface area (Å²) in [5, 5.41) is 3.41. The lowest BCUT2D eigenvalue weighted by molar-refractivity contribution is 0.0887. The standard InChI is InChI=1S/C19H31N3O2S.HI/c1-20-19(21-10-4-11-23-14-17-9-12-24-15-17)22(2)13-16-5-7-18(25-3)8-6-16;/h5-8,17H,4,9-15H2,1-3H3,(H,20,21);1H. The largest absolute Gasteiger partial charge is 0.381 e. The van der Waals surface area contributed by atoms with Crippen LogP contribution in [-0.4, -0.2) is 64.2 Å². The average molecular weight is 493 g/mol. The Hall–Kier alpha value is -0.510. The fourth-order valence-electron chi connectivity index (χ4n) is 2.80. The lowest BCUT2D eigenvalue weighted by Crippen LogP contribution is -2.39. The fourth-order valence-corrected chi connectivity index (χ4v) is 3.21. The van der Waals surface area contributed by atoms with Gasteiger partial charge in [-0.3, -0.25) is 4.99 Å². The number of ether oxygens (including phenoxy) is 2. The maximum absolute atomic E-state index is 5.74. The first-order chi connectivity index (χ1) is 12.2. The predicted octanol–water partition coefficient (Wildman–Crippen LogP) is 3.48. The smallest absolute Gasteiger partial charge is 0.193 e. The van der Waals surface area contributed by atoms with Crippen molar-refractivity contribution in [1.82, 2.24) is 10.2 Å². The maximum atomic E-state index is 5.74. The summed E-state index contributed by atoms with van der Waals surface area (Å²) in [5.74, 6) is 1.50. The first-order valence-corrected chi connectivity index (χ1v) is 10.2. The molecule has 26 heavy (non-hydrogen) atoms. The molecule has 1 unspecified atom stereocenters. The van der Waals surface area contributed by atoms with Crippen LogP contribution in [0.15, 0.2) is 34.2 Å². The Bertz CT molecular complexity index is 522. The number of halogens is 1. The molecule has 0 saturated carbocycles. The molecular weight excluding hydrogens is 461 g/mol. The van der Waals surface area contributed by atoms with Gasteiger partial charge in [-0.2, -0.15) is 0 Å². The van der Waals surface area contributed by atoms with E-state index in [2.05, 4.69) is 52.8 Å². The zero-order chi connectivity index (χ0) is 17.9. The molecule has 0 radical (unpaired) electrons. The molecule has 1 aromatic carbocycles. The molecule has 0 aromatic heterocycles. The molecule has 0 aliphatic carbocycles. The van der Waals surface area contributed by atoms with Gasteiger partial charge in [0.15, 0.2) is 5.96 Å². The lowest BCUT2D eigenvalue weighted by Gasteiger charge is -2.22. The number of rotatable bonds is 9. The zero-order valence-electron chi connectivity index (χ0n) is 16.1. The van der Waals surface area contributed by atoms with E-state index in [1.54, 1.807) is 11.8 Å². The van der Waals surface area contributed by atoms with Crippen LogP contribution in [0.3, 0.4) is 0 Å². The van der Waals surface area contributed by atoms with Gasteiger partial charge in [-0.15, -0.1) is 35.7 Å². The van der Waals surface area contributed by atoms with Crippen LogP contribution in [0.2, 0.25) is 0 Å². The van der Waals surface area contributed by atoms with E-state index < -0.39 is 0 Å². The zero-order valence-corrected chi connectivity index (χ0v) is 19.2. The van der Waals surface area contributed by atoms with E-state index in [1.807, 2.05) is 7.05 Å². The molecule has 0 bridgehead atoms. The van der Waals surface area contributed by atoms with Gasteiger partial charge in [0.1, 0.15) is 0 Å². The van der Waals surface area contributed by atoms with Crippen molar-refractivity contribution in [2.45, 2.75) is 24.3 Å². The van der Waals surface area contributed by atoms with Crippen molar-refractivity contribution in [2.24, 2.45) is 10.9 Å². The predicted molar refractivity (Wildman–Crippen MR) is 121 cm³/mol. The number of nitrogens with zero attached hydrogens (tertiary/aromatic N) is 2. The molecule has 148 valence electrons. The summed E-state index contributed by atoms with van der Waals surface area (Å²) in [6, 6.07) is 8.68. The molecule has 1 N–H and O–H groups in total. The molecule has 0 amide bonds. The highest BCUT2D eigenvalue weighted by Crippen LogP contribution is 2.15. The van der Waals surface area contributed by atoms with Gasteiger partial charge in [0.2, 0.25) is 0 Å². The van der Waals surface area contributed by atoms with E-state index in [9.17, 15) is 0 Å². The van der Waals surface area contributed by atoms with Crippen molar-refractivity contribution in [3.8, 4) is 0 Å². The molecule has 1 aromatic rings. The van der Waals surface area contributed by atoms with Crippen molar-refractivity contribution in [3.05, 3.63) is 29.8 Å². The molecule has 1 saturated heterocycles. The van der Waals surface area contributed by atoms with Gasteiger partial charge in [0.05, 0.1) is 13.2 Å². The van der Waals surface area contributed by atoms with E-state index >= 15 is 0 Å². The molecule has 7 heteroatoms. The van der Waals surface area contributed by atoms with Gasteiger partial charge in [-0.1, -0.05) is 12.1 Å². The lowest BCUT2D eigenvalue weighted by atomic mass is 10.1. The van der Waals surface area contributed by atoms with Crippen molar-refractivity contribution >= 4 is 41.7 Å². The second-order valence-corrected chi connectivity index (χ2v) is 7.22. The van der Waals surface area contributed by atoms with Gasteiger partial charge >= 0.3 is 0 Å². The molecule has 2 rings (SSSR count). The molecule has 1 heterocycles. The Morgan fingerprint density at radius 3 is 2.77 bits per heavy atom. The first-order valence-electron chi connectivity index (χ1n) is 8.93. The number of benzene rings is 1. The van der Waals surface area contributed by atoms with Crippen LogP contribution in [0.1, 0.15) is 18.4 Å². The summed E-state index contributed by atoms with van der Waals surface area (Å²) in [6.45, 7) is 5.04. The van der Waals surface area contributed by atoms with Crippen LogP contribution in [0, 0.1) is 5.92 Å². The number of hydrogen-bond donors (Lipinski definition) is 1. The highest BCUT2D eigenvalue weighted by atomic mass is 127. The Kier molecular flexibility index (Phi) is 12.3. The van der Waals surface area contributed by atoms with Crippen molar-refractivity contribution in [2.75, 3.05) is 53.3 Å². The molecule has 1 atom stereocenters. The number of guanidine groups is 1. The first kappa shape index (κ1) is 23.5. The summed E-state index contributed by atoms with van der Waals surface area (Å²) in [5.41, 5.74) is 1.28. The van der Waals surface area contributed by atoms with E-state index in [0.29, 0.717) is 5.92 Å². The van der Waals surface area contributed by atoms with E-state index in [0.717, 1.165) is 58.3 Å². The Balaban J connectivity index is 0.00000338. The second-order valence-electron chi connectivity index (χ2n) is 6.34. The number of hydrogen-bond acceptors (Lipinski definition) is 4. The normalized spacial score (nSPS) is 17.0. The van der Waals surface area contributed by atoms with Gasteiger partial charge in [-0.05, 0) is 36.8 Å². The van der Waals surface area contributed by atoms with Crippen LogP contribution in [0.25, 0.3) is 0 Å². The highest BCUT2D eigenvalue weighted by molar-refractivity contribution is 14.0. The third-order valence-corrected chi connectivity index (χ3v) is 5.02. The van der Waals surface area contributed by atoms with Crippen molar-refractivity contribution in [1.29, 1.82) is 0 Å². The summed E-state index contributed by atoms with van der Waals surface area (Å²) in [6.07, 6.45) is 4.20. The van der Waals surface area contributed by atoms with Gasteiger partial charge in [-0.25, -0.2) is 0 Å². The number of nitrogens with one attached hydrogen (secondary N) is 1. The number of thioether (sulfide) groups is 1. The number of aliphatic imine (C=N–C) groups is 1. The molecule has 1 fully saturated rings. The average Bonchev–Trinajstić information content (AvgIpc) is 3.15. The minimum atomic E-state index is 0. The summed E-state index contributed by atoms with van der Waals surface area (Å²) < 4.78 is 11.1. The van der Waals surface area contributed by atoms with E-state index in [4.69, 9.17) is 9.47 Å². The third kappa shape index (κ3) is 8.45. The second kappa shape index (κ2) is 13.6. The minimum absolute atomic E-state index is 0. The molecular formula is C19H32IN3O2S. The molecule has 1 aliphatic heterocycles. The van der Waals surface area contributed by atoms with Gasteiger partial charge in [0, 0.05) is 51.2 Å². The Morgan fingerprint density at radius 2 is 2.15 bits per heavy atom. The molecule has 5 nitrogen and oxygen atoms in total. The van der Waals surface area contributed by atoms with E-state index in [-0.39, 0.29) is 24.0 Å². The van der Waals surface area contributed by atoms with E-state index in [1.165, 1.54) is 10.5 Å². The van der Waals surface area contributed by atoms with Crippen LogP contribution in [0.4, 0.5) is 0 Å². The van der Waals surface area contributed by atoms with Crippen LogP contribution < -0.4 is 5.32 Å². The van der Waals surface area contributed by atoms with Crippen molar-refractivity contribution in [3.63, 3.8) is 0 Å². The van der Waals surface area contributed by atoms with Crippen molar-refractivity contribution < 1.29 is 9.47 Å². The third-order valence-electron chi connectivity index (χ3n) is 4.28. The quantitative estimate of drug-likeness (QED) is 0.188. The summed E-state index contributed by atoms with van der Waals surface area (Å²) >= 11 is 1.76. The molecule has 0 spiro atoms. The monoisotopic (exact) mass is 493 g/mol. The Morgan fingerprint density at radius 1 is 1.38 bits per heavy atom. The highest BCUT2D eigenvalue weighted by Gasteiger charge is 2.15. The maximum Gasteiger partial charge on any atom is 0.193 e. The van der Waals surface area contributed by atoms with Crippen LogP contribution in [0.5, 0.6) is 0 Å².